The highest BCUT2D eigenvalue weighted by molar-refractivity contribution is 5.77. The summed E-state index contributed by atoms with van der Waals surface area (Å²) in [6, 6.07) is 15.4. The first-order valence-corrected chi connectivity index (χ1v) is 5.73. The van der Waals surface area contributed by atoms with Crippen molar-refractivity contribution in [2.45, 2.75) is 6.04 Å². The number of benzene rings is 2. The Kier molecular flexibility index (Phi) is 2.61. The molecule has 1 heterocycles. The van der Waals surface area contributed by atoms with Crippen molar-refractivity contribution in [1.29, 1.82) is 0 Å². The molecule has 0 fully saturated rings. The maximum absolute atomic E-state index is 13.2. The lowest BCUT2D eigenvalue weighted by Gasteiger charge is -2.08. The fourth-order valence-electron chi connectivity index (χ4n) is 2.02. The summed E-state index contributed by atoms with van der Waals surface area (Å²) in [5, 5.41) is 0.999. The molecule has 1 aromatic heterocycles. The number of furan rings is 1. The third kappa shape index (κ3) is 1.89. The fourth-order valence-corrected chi connectivity index (χ4v) is 2.02. The molecular formula is C15H12FNO. The molecule has 2 N–H and O–H groups in total. The molecule has 0 saturated carbocycles. The van der Waals surface area contributed by atoms with Crippen LogP contribution in [0.25, 0.3) is 11.0 Å². The Morgan fingerprint density at radius 3 is 2.61 bits per heavy atom. The van der Waals surface area contributed by atoms with Gasteiger partial charge >= 0.3 is 0 Å². The van der Waals surface area contributed by atoms with Gasteiger partial charge in [0.25, 0.3) is 0 Å². The normalized spacial score (nSPS) is 12.8. The van der Waals surface area contributed by atoms with Gasteiger partial charge < -0.3 is 10.2 Å². The first-order chi connectivity index (χ1) is 8.74. The summed E-state index contributed by atoms with van der Waals surface area (Å²) in [5.74, 6) is 0.348. The van der Waals surface area contributed by atoms with E-state index >= 15 is 0 Å². The summed E-state index contributed by atoms with van der Waals surface area (Å²) >= 11 is 0. The molecule has 0 radical (unpaired) electrons. The molecule has 0 aliphatic carbocycles. The Morgan fingerprint density at radius 2 is 1.83 bits per heavy atom. The average Bonchev–Trinajstić information content (AvgIpc) is 2.81. The van der Waals surface area contributed by atoms with Gasteiger partial charge in [0.1, 0.15) is 17.2 Å². The standard InChI is InChI=1S/C15H12FNO/c16-12-6-3-5-11(8-12)15(17)14-9-10-4-1-2-7-13(10)18-14/h1-9,15H,17H2. The second-order valence-corrected chi connectivity index (χ2v) is 4.22. The van der Waals surface area contributed by atoms with Crippen LogP contribution >= 0.6 is 0 Å². The fraction of sp³-hybridized carbons (Fsp3) is 0.0667. The molecule has 3 aromatic rings. The lowest BCUT2D eigenvalue weighted by atomic mass is 10.1. The molecule has 0 saturated heterocycles. The first kappa shape index (κ1) is 11.0. The molecule has 3 heteroatoms. The van der Waals surface area contributed by atoms with Gasteiger partial charge in [-0.25, -0.2) is 4.39 Å². The molecular weight excluding hydrogens is 229 g/mol. The van der Waals surface area contributed by atoms with Crippen LogP contribution in [0, 0.1) is 5.82 Å². The molecule has 18 heavy (non-hydrogen) atoms. The van der Waals surface area contributed by atoms with Crippen LogP contribution in [0.2, 0.25) is 0 Å². The van der Waals surface area contributed by atoms with E-state index in [-0.39, 0.29) is 5.82 Å². The molecule has 0 bridgehead atoms. The third-order valence-corrected chi connectivity index (χ3v) is 2.96. The highest BCUT2D eigenvalue weighted by atomic mass is 19.1. The molecule has 1 unspecified atom stereocenters. The van der Waals surface area contributed by atoms with Crippen molar-refractivity contribution in [3.05, 3.63) is 71.7 Å². The minimum absolute atomic E-state index is 0.293. The molecule has 0 aliphatic rings. The van der Waals surface area contributed by atoms with E-state index in [1.165, 1.54) is 12.1 Å². The molecule has 0 aliphatic heterocycles. The van der Waals surface area contributed by atoms with Gasteiger partial charge in [-0.1, -0.05) is 30.3 Å². The second kappa shape index (κ2) is 4.27. The molecule has 3 rings (SSSR count). The number of fused-ring (bicyclic) bond motifs is 1. The van der Waals surface area contributed by atoms with Gasteiger partial charge in [0.05, 0.1) is 6.04 Å². The zero-order chi connectivity index (χ0) is 12.5. The van der Waals surface area contributed by atoms with E-state index in [1.54, 1.807) is 12.1 Å². The van der Waals surface area contributed by atoms with E-state index in [1.807, 2.05) is 30.3 Å². The SMILES string of the molecule is NC(c1cccc(F)c1)c1cc2ccccc2o1. The topological polar surface area (TPSA) is 39.2 Å². The summed E-state index contributed by atoms with van der Waals surface area (Å²) in [6.45, 7) is 0. The van der Waals surface area contributed by atoms with Crippen molar-refractivity contribution in [3.63, 3.8) is 0 Å². The molecule has 2 nitrogen and oxygen atoms in total. The minimum atomic E-state index is -0.451. The van der Waals surface area contributed by atoms with Gasteiger partial charge in [0, 0.05) is 5.39 Å². The van der Waals surface area contributed by atoms with E-state index in [2.05, 4.69) is 0 Å². The largest absolute Gasteiger partial charge is 0.459 e. The van der Waals surface area contributed by atoms with Crippen molar-refractivity contribution < 1.29 is 8.81 Å². The summed E-state index contributed by atoms with van der Waals surface area (Å²) in [5.41, 5.74) is 7.58. The predicted molar refractivity (Wildman–Crippen MR) is 68.6 cm³/mol. The lowest BCUT2D eigenvalue weighted by molar-refractivity contribution is 0.523. The van der Waals surface area contributed by atoms with Crippen molar-refractivity contribution in [1.82, 2.24) is 0 Å². The molecule has 0 amide bonds. The van der Waals surface area contributed by atoms with Crippen LogP contribution in [0.5, 0.6) is 0 Å². The van der Waals surface area contributed by atoms with Crippen molar-refractivity contribution in [3.8, 4) is 0 Å². The van der Waals surface area contributed by atoms with Gasteiger partial charge in [-0.3, -0.25) is 0 Å². The Balaban J connectivity index is 2.03. The first-order valence-electron chi connectivity index (χ1n) is 5.73. The zero-order valence-corrected chi connectivity index (χ0v) is 9.64. The van der Waals surface area contributed by atoms with Gasteiger partial charge in [-0.2, -0.15) is 0 Å². The van der Waals surface area contributed by atoms with Gasteiger partial charge in [0.2, 0.25) is 0 Å². The number of para-hydroxylation sites is 1. The molecule has 90 valence electrons. The second-order valence-electron chi connectivity index (χ2n) is 4.22. The number of rotatable bonds is 2. The van der Waals surface area contributed by atoms with Crippen molar-refractivity contribution >= 4 is 11.0 Å². The molecule has 2 aromatic carbocycles. The zero-order valence-electron chi connectivity index (χ0n) is 9.64. The number of halogens is 1. The van der Waals surface area contributed by atoms with E-state index in [4.69, 9.17) is 10.2 Å². The quantitative estimate of drug-likeness (QED) is 0.744. The maximum atomic E-state index is 13.2. The van der Waals surface area contributed by atoms with Crippen LogP contribution < -0.4 is 5.73 Å². The van der Waals surface area contributed by atoms with Crippen LogP contribution in [0.4, 0.5) is 4.39 Å². The number of nitrogens with two attached hydrogens (primary N) is 1. The lowest BCUT2D eigenvalue weighted by Crippen LogP contribution is -2.10. The van der Waals surface area contributed by atoms with Crippen LogP contribution in [-0.2, 0) is 0 Å². The highest BCUT2D eigenvalue weighted by Crippen LogP contribution is 2.26. The van der Waals surface area contributed by atoms with Gasteiger partial charge in [-0.05, 0) is 29.8 Å². The van der Waals surface area contributed by atoms with Crippen molar-refractivity contribution in [2.24, 2.45) is 5.73 Å². The number of hydrogen-bond donors (Lipinski definition) is 1. The smallest absolute Gasteiger partial charge is 0.134 e. The van der Waals surface area contributed by atoms with Crippen LogP contribution in [-0.4, -0.2) is 0 Å². The van der Waals surface area contributed by atoms with Crippen molar-refractivity contribution in [2.75, 3.05) is 0 Å². The Morgan fingerprint density at radius 1 is 1.00 bits per heavy atom. The maximum Gasteiger partial charge on any atom is 0.134 e. The average molecular weight is 241 g/mol. The number of hydrogen-bond acceptors (Lipinski definition) is 2. The van der Waals surface area contributed by atoms with E-state index < -0.39 is 6.04 Å². The molecule has 1 atom stereocenters. The van der Waals surface area contributed by atoms with E-state index in [9.17, 15) is 4.39 Å². The van der Waals surface area contributed by atoms with E-state index in [0.29, 0.717) is 11.3 Å². The summed E-state index contributed by atoms with van der Waals surface area (Å²) in [4.78, 5) is 0. The molecule has 0 spiro atoms. The summed E-state index contributed by atoms with van der Waals surface area (Å²) in [7, 11) is 0. The Labute approximate surface area is 104 Å². The highest BCUT2D eigenvalue weighted by Gasteiger charge is 2.14. The van der Waals surface area contributed by atoms with Gasteiger partial charge in [0.15, 0.2) is 0 Å². The van der Waals surface area contributed by atoms with Gasteiger partial charge in [-0.15, -0.1) is 0 Å². The van der Waals surface area contributed by atoms with E-state index in [0.717, 1.165) is 11.0 Å². The van der Waals surface area contributed by atoms with Crippen LogP contribution in [0.1, 0.15) is 17.4 Å². The third-order valence-electron chi connectivity index (χ3n) is 2.96. The Bertz CT molecular complexity index is 657. The summed E-state index contributed by atoms with van der Waals surface area (Å²) in [6.07, 6.45) is 0. The summed E-state index contributed by atoms with van der Waals surface area (Å²) < 4.78 is 18.8. The monoisotopic (exact) mass is 241 g/mol. The van der Waals surface area contributed by atoms with Crippen LogP contribution in [0.3, 0.4) is 0 Å². The minimum Gasteiger partial charge on any atom is -0.459 e. The van der Waals surface area contributed by atoms with Crippen LogP contribution in [0.15, 0.2) is 59.0 Å². The Hall–Kier alpha value is -2.13. The predicted octanol–water partition coefficient (Wildman–Crippen LogP) is 3.62.